The van der Waals surface area contributed by atoms with E-state index in [1.54, 1.807) is 24.5 Å². The first kappa shape index (κ1) is 18.4. The van der Waals surface area contributed by atoms with E-state index in [0.717, 1.165) is 53.8 Å². The monoisotopic (exact) mass is 395 g/mol. The Morgan fingerprint density at radius 1 is 1.14 bits per heavy atom. The lowest BCUT2D eigenvalue weighted by Gasteiger charge is -2.32. The highest BCUT2D eigenvalue weighted by Crippen LogP contribution is 2.36. The number of piperidine rings is 1. The molecule has 0 saturated carbocycles. The Bertz CT molecular complexity index is 980. The first-order chi connectivity index (χ1) is 13.7. The third kappa shape index (κ3) is 3.71. The van der Waals surface area contributed by atoms with Gasteiger partial charge in [0.15, 0.2) is 5.69 Å². The van der Waals surface area contributed by atoms with Crippen LogP contribution >= 0.6 is 11.3 Å². The summed E-state index contributed by atoms with van der Waals surface area (Å²) < 4.78 is 5.45. The summed E-state index contributed by atoms with van der Waals surface area (Å²) in [6.07, 6.45) is 1.94. The number of benzene rings is 1. The molecule has 7 heteroatoms. The summed E-state index contributed by atoms with van der Waals surface area (Å²) in [5.74, 6) is 0.974. The maximum absolute atomic E-state index is 11.1. The van der Waals surface area contributed by atoms with Crippen molar-refractivity contribution in [2.75, 3.05) is 25.1 Å². The molecule has 1 aromatic carbocycles. The van der Waals surface area contributed by atoms with Crippen molar-refractivity contribution in [3.63, 3.8) is 0 Å². The molecule has 1 saturated heterocycles. The molecule has 0 radical (unpaired) electrons. The number of aromatic carboxylic acids is 1. The molecule has 0 amide bonds. The normalized spacial score (nSPS) is 14.8. The Balaban J connectivity index is 1.45. The van der Waals surface area contributed by atoms with Gasteiger partial charge in [0.25, 0.3) is 0 Å². The second-order valence-electron chi connectivity index (χ2n) is 6.72. The second-order valence-corrected chi connectivity index (χ2v) is 7.61. The van der Waals surface area contributed by atoms with Crippen LogP contribution in [0.1, 0.15) is 34.3 Å². The molecule has 0 atom stereocenters. The average molecular weight is 395 g/mol. The topological polar surface area (TPSA) is 75.5 Å². The zero-order chi connectivity index (χ0) is 19.5. The van der Waals surface area contributed by atoms with E-state index in [-0.39, 0.29) is 5.69 Å². The number of hydrogen-bond acceptors (Lipinski definition) is 6. The lowest BCUT2D eigenvalue weighted by Crippen LogP contribution is -2.33. The van der Waals surface area contributed by atoms with Crippen LogP contribution in [0.15, 0.2) is 47.8 Å². The van der Waals surface area contributed by atoms with E-state index in [4.69, 9.17) is 14.8 Å². The maximum atomic E-state index is 11.1. The van der Waals surface area contributed by atoms with Crippen molar-refractivity contribution in [2.45, 2.75) is 18.8 Å². The van der Waals surface area contributed by atoms with Gasteiger partial charge in [-0.1, -0.05) is 18.2 Å². The van der Waals surface area contributed by atoms with Gasteiger partial charge in [-0.15, -0.1) is 11.3 Å². The maximum Gasteiger partial charge on any atom is 0.354 e. The minimum absolute atomic E-state index is 0.0843. The molecule has 2 aromatic heterocycles. The van der Waals surface area contributed by atoms with E-state index in [1.807, 2.05) is 30.3 Å². The van der Waals surface area contributed by atoms with Gasteiger partial charge in [-0.2, -0.15) is 0 Å². The van der Waals surface area contributed by atoms with Crippen LogP contribution < -0.4 is 9.64 Å². The molecule has 6 nitrogen and oxygen atoms in total. The minimum Gasteiger partial charge on any atom is -0.496 e. The Kier molecular flexibility index (Phi) is 5.25. The van der Waals surface area contributed by atoms with Crippen LogP contribution in [-0.4, -0.2) is 41.2 Å². The van der Waals surface area contributed by atoms with E-state index in [1.165, 1.54) is 6.07 Å². The molecular weight excluding hydrogens is 374 g/mol. The Labute approximate surface area is 167 Å². The van der Waals surface area contributed by atoms with Crippen LogP contribution in [0.2, 0.25) is 0 Å². The number of aromatic nitrogens is 2. The number of para-hydroxylation sites is 1. The highest BCUT2D eigenvalue weighted by molar-refractivity contribution is 7.10. The number of ether oxygens (including phenoxy) is 1. The van der Waals surface area contributed by atoms with Gasteiger partial charge in [0.1, 0.15) is 11.6 Å². The van der Waals surface area contributed by atoms with Gasteiger partial charge >= 0.3 is 5.97 Å². The fourth-order valence-electron chi connectivity index (χ4n) is 3.53. The molecular formula is C21H21N3O3S. The molecule has 1 fully saturated rings. The molecule has 28 heavy (non-hydrogen) atoms. The van der Waals surface area contributed by atoms with Crippen LogP contribution in [0.3, 0.4) is 0 Å². The summed E-state index contributed by atoms with van der Waals surface area (Å²) in [6.45, 7) is 1.68. The summed E-state index contributed by atoms with van der Waals surface area (Å²) >= 11 is 1.69. The van der Waals surface area contributed by atoms with E-state index in [0.29, 0.717) is 5.92 Å². The van der Waals surface area contributed by atoms with Gasteiger partial charge in [-0.05, 0) is 37.1 Å². The Morgan fingerprint density at radius 3 is 2.68 bits per heavy atom. The molecule has 0 bridgehead atoms. The fraction of sp³-hybridized carbons (Fsp3) is 0.286. The standard InChI is InChI=1S/C21H21N3O3S/c1-27-18-7-3-2-5-15(18)17-13-28-20(23-17)14-9-11-24(12-10-14)19-8-4-6-16(22-19)21(25)26/h2-8,13-14H,9-12H2,1H3,(H,25,26). The average Bonchev–Trinajstić information content (AvgIpc) is 3.24. The van der Waals surface area contributed by atoms with Crippen molar-refractivity contribution in [2.24, 2.45) is 0 Å². The van der Waals surface area contributed by atoms with Gasteiger partial charge in [-0.3, -0.25) is 0 Å². The quantitative estimate of drug-likeness (QED) is 0.694. The van der Waals surface area contributed by atoms with E-state index < -0.39 is 5.97 Å². The van der Waals surface area contributed by atoms with Crippen molar-refractivity contribution in [3.8, 4) is 17.0 Å². The number of carboxylic acids is 1. The number of anilines is 1. The number of thiazole rings is 1. The number of nitrogens with zero attached hydrogens (tertiary/aromatic N) is 3. The first-order valence-corrected chi connectivity index (χ1v) is 10.1. The summed E-state index contributed by atoms with van der Waals surface area (Å²) in [7, 11) is 1.68. The van der Waals surface area contributed by atoms with Crippen LogP contribution in [0.5, 0.6) is 5.75 Å². The molecule has 1 aliphatic heterocycles. The van der Waals surface area contributed by atoms with Crippen LogP contribution in [0, 0.1) is 0 Å². The summed E-state index contributed by atoms with van der Waals surface area (Å²) in [5, 5.41) is 12.4. The largest absolute Gasteiger partial charge is 0.496 e. The van der Waals surface area contributed by atoms with E-state index in [9.17, 15) is 4.79 Å². The molecule has 144 valence electrons. The van der Waals surface area contributed by atoms with Gasteiger partial charge in [0.2, 0.25) is 0 Å². The smallest absolute Gasteiger partial charge is 0.354 e. The SMILES string of the molecule is COc1ccccc1-c1csc(C2CCN(c3cccc(C(=O)O)n3)CC2)n1. The van der Waals surface area contributed by atoms with Crippen molar-refractivity contribution in [1.82, 2.24) is 9.97 Å². The molecule has 0 aliphatic carbocycles. The molecule has 0 spiro atoms. The fourth-order valence-corrected chi connectivity index (χ4v) is 4.52. The number of carbonyl (C=O) groups is 1. The van der Waals surface area contributed by atoms with Crippen molar-refractivity contribution >= 4 is 23.1 Å². The lowest BCUT2D eigenvalue weighted by molar-refractivity contribution is 0.0690. The van der Waals surface area contributed by atoms with Gasteiger partial charge in [0, 0.05) is 30.0 Å². The summed E-state index contributed by atoms with van der Waals surface area (Å²) in [5.41, 5.74) is 2.05. The molecule has 1 aliphatic rings. The van der Waals surface area contributed by atoms with Gasteiger partial charge in [-0.25, -0.2) is 14.8 Å². The third-order valence-corrected chi connectivity index (χ3v) is 6.03. The molecule has 1 N–H and O–H groups in total. The predicted molar refractivity (Wildman–Crippen MR) is 109 cm³/mol. The molecule has 4 rings (SSSR count). The Morgan fingerprint density at radius 2 is 1.93 bits per heavy atom. The zero-order valence-electron chi connectivity index (χ0n) is 15.5. The first-order valence-electron chi connectivity index (χ1n) is 9.20. The number of carboxylic acid groups (broad SMARTS) is 1. The van der Waals surface area contributed by atoms with E-state index >= 15 is 0 Å². The van der Waals surface area contributed by atoms with Crippen molar-refractivity contribution < 1.29 is 14.6 Å². The minimum atomic E-state index is -0.997. The summed E-state index contributed by atoms with van der Waals surface area (Å²) in [6, 6.07) is 13.1. The number of hydrogen-bond donors (Lipinski definition) is 1. The van der Waals surface area contributed by atoms with Crippen molar-refractivity contribution in [1.29, 1.82) is 0 Å². The van der Waals surface area contributed by atoms with Crippen molar-refractivity contribution in [3.05, 3.63) is 58.5 Å². The number of pyridine rings is 1. The van der Waals surface area contributed by atoms with E-state index in [2.05, 4.69) is 15.3 Å². The van der Waals surface area contributed by atoms with Gasteiger partial charge in [0.05, 0.1) is 17.8 Å². The summed E-state index contributed by atoms with van der Waals surface area (Å²) in [4.78, 5) is 22.4. The molecule has 0 unspecified atom stereocenters. The van der Waals surface area contributed by atoms with Crippen LogP contribution in [-0.2, 0) is 0 Å². The second kappa shape index (κ2) is 7.98. The zero-order valence-corrected chi connectivity index (χ0v) is 16.4. The highest BCUT2D eigenvalue weighted by atomic mass is 32.1. The Hall–Kier alpha value is -2.93. The molecule has 3 aromatic rings. The predicted octanol–water partition coefficient (Wildman–Crippen LogP) is 4.30. The van der Waals surface area contributed by atoms with Crippen LogP contribution in [0.25, 0.3) is 11.3 Å². The number of rotatable bonds is 5. The van der Waals surface area contributed by atoms with Crippen LogP contribution in [0.4, 0.5) is 5.82 Å². The lowest BCUT2D eigenvalue weighted by atomic mass is 9.97. The van der Waals surface area contributed by atoms with Gasteiger partial charge < -0.3 is 14.7 Å². The third-order valence-electron chi connectivity index (χ3n) is 5.03. The number of methoxy groups -OCH3 is 1. The molecule has 3 heterocycles. The highest BCUT2D eigenvalue weighted by Gasteiger charge is 2.24.